The molecule has 4 rings (SSSR count). The van der Waals surface area contributed by atoms with Gasteiger partial charge in [0.15, 0.2) is 0 Å². The van der Waals surface area contributed by atoms with E-state index < -0.39 is 0 Å². The second kappa shape index (κ2) is 7.96. The molecule has 140 valence electrons. The van der Waals surface area contributed by atoms with Crippen molar-refractivity contribution in [3.8, 4) is 5.75 Å². The number of methoxy groups -OCH3 is 1. The number of rotatable bonds is 6. The lowest BCUT2D eigenvalue weighted by molar-refractivity contribution is -0.120. The third-order valence-corrected chi connectivity index (χ3v) is 4.64. The average molecular weight is 372 g/mol. The number of hydrogen-bond acceptors (Lipinski definition) is 4. The molecule has 1 unspecified atom stereocenters. The van der Waals surface area contributed by atoms with Gasteiger partial charge in [0.25, 0.3) is 0 Å². The number of fused-ring (bicyclic) bond motifs is 1. The van der Waals surface area contributed by atoms with Crippen LogP contribution in [-0.4, -0.2) is 18.0 Å². The molecule has 0 aliphatic heterocycles. The van der Waals surface area contributed by atoms with Crippen molar-refractivity contribution in [1.29, 1.82) is 0 Å². The number of carbonyl (C=O) groups is 1. The van der Waals surface area contributed by atoms with Gasteiger partial charge in [0.05, 0.1) is 31.5 Å². The topological polar surface area (TPSA) is 64.4 Å². The minimum Gasteiger partial charge on any atom is -0.497 e. The molecule has 0 saturated heterocycles. The largest absolute Gasteiger partial charge is 0.497 e. The highest BCUT2D eigenvalue weighted by atomic mass is 16.5. The van der Waals surface area contributed by atoms with Crippen LogP contribution in [0.25, 0.3) is 11.0 Å². The number of aromatic nitrogens is 1. The van der Waals surface area contributed by atoms with Gasteiger partial charge >= 0.3 is 0 Å². The zero-order valence-corrected chi connectivity index (χ0v) is 15.5. The Morgan fingerprint density at radius 1 is 1.11 bits per heavy atom. The number of nitrogens with one attached hydrogen (secondary N) is 1. The summed E-state index contributed by atoms with van der Waals surface area (Å²) < 4.78 is 10.8. The van der Waals surface area contributed by atoms with Crippen molar-refractivity contribution in [1.82, 2.24) is 10.3 Å². The predicted molar refractivity (Wildman–Crippen MR) is 107 cm³/mol. The fourth-order valence-electron chi connectivity index (χ4n) is 3.23. The van der Waals surface area contributed by atoms with Crippen LogP contribution in [-0.2, 0) is 11.2 Å². The summed E-state index contributed by atoms with van der Waals surface area (Å²) in [4.78, 5) is 17.3. The maximum absolute atomic E-state index is 12.8. The van der Waals surface area contributed by atoms with Gasteiger partial charge in [-0.15, -0.1) is 0 Å². The van der Waals surface area contributed by atoms with Crippen molar-refractivity contribution in [2.45, 2.75) is 12.5 Å². The number of carbonyl (C=O) groups excluding carboxylic acids is 1. The minimum atomic E-state index is -0.312. The van der Waals surface area contributed by atoms with E-state index in [4.69, 9.17) is 9.15 Å². The molecule has 2 heterocycles. The smallest absolute Gasteiger partial charge is 0.225 e. The molecular formula is C23H20N2O3. The summed E-state index contributed by atoms with van der Waals surface area (Å²) in [6.07, 6.45) is 3.58. The first-order valence-corrected chi connectivity index (χ1v) is 9.04. The van der Waals surface area contributed by atoms with Crippen LogP contribution >= 0.6 is 0 Å². The second-order valence-electron chi connectivity index (χ2n) is 6.47. The summed E-state index contributed by atoms with van der Waals surface area (Å²) in [5.74, 6) is 0.621. The van der Waals surface area contributed by atoms with Crippen molar-refractivity contribution in [3.05, 3.63) is 96.0 Å². The van der Waals surface area contributed by atoms with Crippen molar-refractivity contribution in [3.63, 3.8) is 0 Å². The molecule has 1 N–H and O–H groups in total. The molecule has 0 aliphatic carbocycles. The highest BCUT2D eigenvalue weighted by Crippen LogP contribution is 2.26. The second-order valence-corrected chi connectivity index (χ2v) is 6.47. The third kappa shape index (κ3) is 3.74. The van der Waals surface area contributed by atoms with E-state index in [-0.39, 0.29) is 18.4 Å². The lowest BCUT2D eigenvalue weighted by Gasteiger charge is -2.18. The van der Waals surface area contributed by atoms with E-state index in [9.17, 15) is 4.79 Å². The van der Waals surface area contributed by atoms with Crippen LogP contribution in [0, 0.1) is 0 Å². The van der Waals surface area contributed by atoms with Gasteiger partial charge in [-0.3, -0.25) is 9.78 Å². The molecule has 2 aromatic heterocycles. The van der Waals surface area contributed by atoms with Crippen LogP contribution in [0.2, 0.25) is 0 Å². The van der Waals surface area contributed by atoms with Gasteiger partial charge < -0.3 is 14.5 Å². The Balaban J connectivity index is 1.57. The summed E-state index contributed by atoms with van der Waals surface area (Å²) >= 11 is 0. The zero-order chi connectivity index (χ0) is 19.3. The van der Waals surface area contributed by atoms with E-state index >= 15 is 0 Å². The molecule has 2 aromatic carbocycles. The molecule has 1 atom stereocenters. The summed E-state index contributed by atoms with van der Waals surface area (Å²) in [6, 6.07) is 20.8. The average Bonchev–Trinajstić information content (AvgIpc) is 3.15. The zero-order valence-electron chi connectivity index (χ0n) is 15.5. The van der Waals surface area contributed by atoms with Gasteiger partial charge in [-0.05, 0) is 29.8 Å². The Kier molecular flexibility index (Phi) is 5.06. The van der Waals surface area contributed by atoms with Crippen LogP contribution in [0.5, 0.6) is 5.75 Å². The number of hydrogen-bond donors (Lipinski definition) is 1. The summed E-state index contributed by atoms with van der Waals surface area (Å²) in [6.45, 7) is 0. The SMILES string of the molecule is COc1ccc2c(CC(=O)NC(c3ccccc3)c3ccccn3)coc2c1. The first kappa shape index (κ1) is 17.8. The van der Waals surface area contributed by atoms with Gasteiger partial charge in [0, 0.05) is 23.2 Å². The Labute approximate surface area is 163 Å². The highest BCUT2D eigenvalue weighted by molar-refractivity contribution is 5.88. The Morgan fingerprint density at radius 2 is 1.93 bits per heavy atom. The number of benzene rings is 2. The number of nitrogens with zero attached hydrogens (tertiary/aromatic N) is 1. The van der Waals surface area contributed by atoms with Crippen molar-refractivity contribution in [2.75, 3.05) is 7.11 Å². The Morgan fingerprint density at radius 3 is 2.68 bits per heavy atom. The van der Waals surface area contributed by atoms with E-state index in [1.54, 1.807) is 19.6 Å². The van der Waals surface area contributed by atoms with Gasteiger partial charge in [-0.1, -0.05) is 36.4 Å². The third-order valence-electron chi connectivity index (χ3n) is 4.64. The van der Waals surface area contributed by atoms with Gasteiger partial charge in [0.1, 0.15) is 11.3 Å². The van der Waals surface area contributed by atoms with E-state index in [0.29, 0.717) is 5.58 Å². The minimum absolute atomic E-state index is 0.0991. The van der Waals surface area contributed by atoms with Gasteiger partial charge in [0.2, 0.25) is 5.91 Å². The maximum Gasteiger partial charge on any atom is 0.225 e. The van der Waals surface area contributed by atoms with Crippen LogP contribution in [0.15, 0.2) is 83.6 Å². The van der Waals surface area contributed by atoms with E-state index in [1.165, 1.54) is 0 Å². The molecule has 5 heteroatoms. The number of pyridine rings is 1. The predicted octanol–water partition coefficient (Wildman–Crippen LogP) is 4.28. The molecule has 0 bridgehead atoms. The molecule has 1 amide bonds. The first-order valence-electron chi connectivity index (χ1n) is 9.04. The van der Waals surface area contributed by atoms with Crippen molar-refractivity contribution < 1.29 is 13.9 Å². The maximum atomic E-state index is 12.8. The van der Waals surface area contributed by atoms with Crippen molar-refractivity contribution in [2.24, 2.45) is 0 Å². The molecule has 0 saturated carbocycles. The van der Waals surface area contributed by atoms with Crippen LogP contribution in [0.3, 0.4) is 0 Å². The molecule has 0 fully saturated rings. The molecular weight excluding hydrogens is 352 g/mol. The fourth-order valence-corrected chi connectivity index (χ4v) is 3.23. The lowest BCUT2D eigenvalue weighted by Crippen LogP contribution is -2.31. The van der Waals surface area contributed by atoms with E-state index in [0.717, 1.165) is 28.0 Å². The quantitative estimate of drug-likeness (QED) is 0.548. The molecule has 0 aliphatic rings. The Bertz CT molecular complexity index is 1040. The van der Waals surface area contributed by atoms with Crippen molar-refractivity contribution >= 4 is 16.9 Å². The molecule has 5 nitrogen and oxygen atoms in total. The number of ether oxygens (including phenoxy) is 1. The van der Waals surface area contributed by atoms with Gasteiger partial charge in [-0.2, -0.15) is 0 Å². The normalized spacial score (nSPS) is 11.9. The van der Waals surface area contributed by atoms with E-state index in [2.05, 4.69) is 10.3 Å². The summed E-state index contributed by atoms with van der Waals surface area (Å²) in [5.41, 5.74) is 3.31. The standard InChI is InChI=1S/C23H20N2O3/c1-27-18-10-11-19-17(15-28-21(19)14-18)13-22(26)25-23(16-7-3-2-4-8-16)20-9-5-6-12-24-20/h2-12,14-15,23H,13H2,1H3,(H,25,26). The molecule has 28 heavy (non-hydrogen) atoms. The molecule has 4 aromatic rings. The lowest BCUT2D eigenvalue weighted by atomic mass is 10.0. The van der Waals surface area contributed by atoms with E-state index in [1.807, 2.05) is 66.7 Å². The van der Waals surface area contributed by atoms with Gasteiger partial charge in [-0.25, -0.2) is 0 Å². The number of furan rings is 1. The molecule has 0 radical (unpaired) electrons. The Hall–Kier alpha value is -3.60. The fraction of sp³-hybridized carbons (Fsp3) is 0.130. The monoisotopic (exact) mass is 372 g/mol. The van der Waals surface area contributed by atoms with Crippen LogP contribution < -0.4 is 10.1 Å². The first-order chi connectivity index (χ1) is 13.7. The highest BCUT2D eigenvalue weighted by Gasteiger charge is 2.19. The summed E-state index contributed by atoms with van der Waals surface area (Å²) in [7, 11) is 1.61. The van der Waals surface area contributed by atoms with Crippen LogP contribution in [0.1, 0.15) is 22.9 Å². The summed E-state index contributed by atoms with van der Waals surface area (Å²) in [5, 5.41) is 4.01. The van der Waals surface area contributed by atoms with Crippen LogP contribution in [0.4, 0.5) is 0 Å². The number of amides is 1. The molecule has 0 spiro atoms.